The zero-order chi connectivity index (χ0) is 16.3. The summed E-state index contributed by atoms with van der Waals surface area (Å²) in [6, 6.07) is 4.83. The molecule has 0 aliphatic rings. The van der Waals surface area contributed by atoms with Gasteiger partial charge in [0, 0.05) is 29.7 Å². The van der Waals surface area contributed by atoms with Crippen molar-refractivity contribution in [2.24, 2.45) is 0 Å². The van der Waals surface area contributed by atoms with E-state index in [4.69, 9.17) is 0 Å². The smallest absolute Gasteiger partial charge is 0.257 e. The highest BCUT2D eigenvalue weighted by molar-refractivity contribution is 6.04. The number of aromatic nitrogens is 1. The Labute approximate surface area is 127 Å². The van der Waals surface area contributed by atoms with Gasteiger partial charge in [-0.1, -0.05) is 0 Å². The van der Waals surface area contributed by atoms with E-state index in [0.717, 1.165) is 12.1 Å². The van der Waals surface area contributed by atoms with Gasteiger partial charge in [0.25, 0.3) is 5.91 Å². The van der Waals surface area contributed by atoms with Gasteiger partial charge in [0.05, 0.1) is 11.3 Å². The van der Waals surface area contributed by atoms with E-state index in [1.165, 1.54) is 12.3 Å². The van der Waals surface area contributed by atoms with Crippen LogP contribution in [0.25, 0.3) is 0 Å². The first kappa shape index (κ1) is 15.9. The second kappa shape index (κ2) is 6.09. The van der Waals surface area contributed by atoms with Crippen LogP contribution in [-0.4, -0.2) is 16.4 Å². The standard InChI is InChI=1S/C16H17F2N3O/c1-16(2,3)21-12-6-10(8-19-9-12)15(22)20-11-4-5-13(17)14(18)7-11/h4-9,21H,1-3H3,(H,20,22). The molecular formula is C16H17F2N3O. The van der Waals surface area contributed by atoms with Gasteiger partial charge in [-0.15, -0.1) is 0 Å². The highest BCUT2D eigenvalue weighted by Gasteiger charge is 2.13. The van der Waals surface area contributed by atoms with Crippen molar-refractivity contribution in [2.45, 2.75) is 26.3 Å². The maximum absolute atomic E-state index is 13.1. The summed E-state index contributed by atoms with van der Waals surface area (Å²) in [5.74, 6) is -2.42. The molecule has 0 radical (unpaired) electrons. The number of rotatable bonds is 3. The first-order chi connectivity index (χ1) is 10.2. The van der Waals surface area contributed by atoms with Crippen LogP contribution in [0.5, 0.6) is 0 Å². The number of carbonyl (C=O) groups is 1. The lowest BCUT2D eigenvalue weighted by molar-refractivity contribution is 0.102. The fourth-order valence-corrected chi connectivity index (χ4v) is 1.84. The first-order valence-electron chi connectivity index (χ1n) is 6.74. The topological polar surface area (TPSA) is 54.0 Å². The second-order valence-electron chi connectivity index (χ2n) is 5.92. The highest BCUT2D eigenvalue weighted by atomic mass is 19.2. The minimum Gasteiger partial charge on any atom is -0.379 e. The van der Waals surface area contributed by atoms with Gasteiger partial charge in [0.1, 0.15) is 0 Å². The van der Waals surface area contributed by atoms with Crippen molar-refractivity contribution >= 4 is 17.3 Å². The largest absolute Gasteiger partial charge is 0.379 e. The number of anilines is 2. The molecule has 0 bridgehead atoms. The van der Waals surface area contributed by atoms with Crippen molar-refractivity contribution in [2.75, 3.05) is 10.6 Å². The van der Waals surface area contributed by atoms with E-state index in [9.17, 15) is 13.6 Å². The number of carbonyl (C=O) groups excluding carboxylic acids is 1. The Morgan fingerprint density at radius 3 is 2.41 bits per heavy atom. The average Bonchev–Trinajstić information content (AvgIpc) is 2.41. The van der Waals surface area contributed by atoms with Crippen LogP contribution in [-0.2, 0) is 0 Å². The fourth-order valence-electron chi connectivity index (χ4n) is 1.84. The summed E-state index contributed by atoms with van der Waals surface area (Å²) in [7, 11) is 0. The summed E-state index contributed by atoms with van der Waals surface area (Å²) < 4.78 is 26.0. The van der Waals surface area contributed by atoms with Crippen LogP contribution in [0.2, 0.25) is 0 Å². The van der Waals surface area contributed by atoms with Crippen LogP contribution >= 0.6 is 0 Å². The molecule has 4 nitrogen and oxygen atoms in total. The normalized spacial score (nSPS) is 11.1. The van der Waals surface area contributed by atoms with Gasteiger partial charge >= 0.3 is 0 Å². The molecule has 6 heteroatoms. The molecule has 1 aromatic carbocycles. The number of nitrogens with zero attached hydrogens (tertiary/aromatic N) is 1. The summed E-state index contributed by atoms with van der Waals surface area (Å²) in [6.07, 6.45) is 3.02. The minimum absolute atomic E-state index is 0.170. The van der Waals surface area contributed by atoms with Crippen LogP contribution < -0.4 is 10.6 Å². The third-order valence-corrected chi connectivity index (χ3v) is 2.70. The van der Waals surface area contributed by atoms with Crippen LogP contribution in [0.1, 0.15) is 31.1 Å². The fraction of sp³-hybridized carbons (Fsp3) is 0.250. The maximum atomic E-state index is 13.1. The van der Waals surface area contributed by atoms with E-state index in [2.05, 4.69) is 15.6 Å². The lowest BCUT2D eigenvalue weighted by atomic mass is 10.1. The molecule has 1 heterocycles. The molecule has 22 heavy (non-hydrogen) atoms. The molecule has 116 valence electrons. The SMILES string of the molecule is CC(C)(C)Nc1cncc(C(=O)Nc2ccc(F)c(F)c2)c1. The van der Waals surface area contributed by atoms with Crippen molar-refractivity contribution in [3.05, 3.63) is 53.9 Å². The van der Waals surface area contributed by atoms with E-state index >= 15 is 0 Å². The quantitative estimate of drug-likeness (QED) is 0.906. The number of hydrogen-bond acceptors (Lipinski definition) is 3. The van der Waals surface area contributed by atoms with Crippen molar-refractivity contribution in [3.8, 4) is 0 Å². The summed E-state index contributed by atoms with van der Waals surface area (Å²) >= 11 is 0. The first-order valence-corrected chi connectivity index (χ1v) is 6.74. The zero-order valence-electron chi connectivity index (χ0n) is 12.6. The molecule has 2 rings (SSSR count). The van der Waals surface area contributed by atoms with Gasteiger partial charge in [0.2, 0.25) is 0 Å². The third-order valence-electron chi connectivity index (χ3n) is 2.70. The van der Waals surface area contributed by atoms with Crippen molar-refractivity contribution in [1.82, 2.24) is 4.98 Å². The molecule has 0 aliphatic heterocycles. The Morgan fingerprint density at radius 1 is 1.05 bits per heavy atom. The van der Waals surface area contributed by atoms with E-state index in [1.807, 2.05) is 20.8 Å². The van der Waals surface area contributed by atoms with Crippen molar-refractivity contribution in [3.63, 3.8) is 0 Å². The Kier molecular flexibility index (Phi) is 4.40. The predicted molar refractivity (Wildman–Crippen MR) is 81.9 cm³/mol. The van der Waals surface area contributed by atoms with Crippen LogP contribution in [0.3, 0.4) is 0 Å². The van der Waals surface area contributed by atoms with E-state index in [1.54, 1.807) is 12.3 Å². The number of nitrogens with one attached hydrogen (secondary N) is 2. The summed E-state index contributed by atoms with van der Waals surface area (Å²) in [5, 5.41) is 5.71. The predicted octanol–water partition coefficient (Wildman–Crippen LogP) is 3.82. The molecule has 0 unspecified atom stereocenters. The molecule has 0 aliphatic carbocycles. The van der Waals surface area contributed by atoms with Crippen molar-refractivity contribution in [1.29, 1.82) is 0 Å². The monoisotopic (exact) mass is 305 g/mol. The zero-order valence-corrected chi connectivity index (χ0v) is 12.6. The Morgan fingerprint density at radius 2 is 1.77 bits per heavy atom. The molecule has 0 fully saturated rings. The van der Waals surface area contributed by atoms with Crippen LogP contribution in [0.4, 0.5) is 20.2 Å². The summed E-state index contributed by atoms with van der Waals surface area (Å²) in [5.41, 5.74) is 1.03. The van der Waals surface area contributed by atoms with Gasteiger partial charge in [-0.2, -0.15) is 0 Å². The van der Waals surface area contributed by atoms with Crippen LogP contribution in [0, 0.1) is 11.6 Å². The number of halogens is 2. The van der Waals surface area contributed by atoms with Gasteiger partial charge in [0.15, 0.2) is 11.6 Å². The number of pyridine rings is 1. The Bertz CT molecular complexity index is 696. The van der Waals surface area contributed by atoms with Crippen molar-refractivity contribution < 1.29 is 13.6 Å². The second-order valence-corrected chi connectivity index (χ2v) is 5.92. The molecule has 0 saturated heterocycles. The Hall–Kier alpha value is -2.50. The summed E-state index contributed by atoms with van der Waals surface area (Å²) in [6.45, 7) is 5.96. The molecule has 1 amide bonds. The lowest BCUT2D eigenvalue weighted by Gasteiger charge is -2.22. The van der Waals surface area contributed by atoms with E-state index in [0.29, 0.717) is 11.3 Å². The number of benzene rings is 1. The average molecular weight is 305 g/mol. The number of amides is 1. The van der Waals surface area contributed by atoms with Gasteiger partial charge in [-0.05, 0) is 39.0 Å². The van der Waals surface area contributed by atoms with Crippen LogP contribution in [0.15, 0.2) is 36.7 Å². The van der Waals surface area contributed by atoms with Gasteiger partial charge in [-0.25, -0.2) is 8.78 Å². The molecule has 2 N–H and O–H groups in total. The lowest BCUT2D eigenvalue weighted by Crippen LogP contribution is -2.26. The van der Waals surface area contributed by atoms with E-state index in [-0.39, 0.29) is 11.2 Å². The Balaban J connectivity index is 2.15. The van der Waals surface area contributed by atoms with Gasteiger partial charge in [-0.3, -0.25) is 9.78 Å². The molecular weight excluding hydrogens is 288 g/mol. The minimum atomic E-state index is -1.01. The molecule has 2 aromatic rings. The third kappa shape index (κ3) is 4.25. The van der Waals surface area contributed by atoms with E-state index < -0.39 is 17.5 Å². The molecule has 0 atom stereocenters. The molecule has 0 spiro atoms. The molecule has 1 aromatic heterocycles. The summed E-state index contributed by atoms with van der Waals surface area (Å²) in [4.78, 5) is 16.1. The maximum Gasteiger partial charge on any atom is 0.257 e. The van der Waals surface area contributed by atoms with Gasteiger partial charge < -0.3 is 10.6 Å². The molecule has 0 saturated carbocycles. The number of hydrogen-bond donors (Lipinski definition) is 2. The highest BCUT2D eigenvalue weighted by Crippen LogP contribution is 2.17.